The van der Waals surface area contributed by atoms with E-state index in [-0.39, 0.29) is 12.3 Å². The quantitative estimate of drug-likeness (QED) is 0.554. The highest BCUT2D eigenvalue weighted by atomic mass is 35.5. The molecule has 2 heterocycles. The summed E-state index contributed by atoms with van der Waals surface area (Å²) < 4.78 is 4.93. The molecule has 2 aromatic heterocycles. The van der Waals surface area contributed by atoms with Crippen molar-refractivity contribution in [1.29, 1.82) is 0 Å². The van der Waals surface area contributed by atoms with E-state index in [9.17, 15) is 9.59 Å². The molecule has 0 aliphatic heterocycles. The number of H-pyrrole nitrogens is 1. The lowest BCUT2D eigenvalue weighted by Gasteiger charge is -2.03. The lowest BCUT2D eigenvalue weighted by molar-refractivity contribution is -0.115. The standard InChI is InChI=1S/C18H12ClN3O3S/c19-13-4-2-1-3-12(13)17-21-11(9-26-17)8-16(23)20-10-5-6-15-14(7-10)22-18(24)25-15/h1-7,9H,8H2,(H,20,23)(H,22,24). The number of fused-ring (bicyclic) bond motifs is 1. The Morgan fingerprint density at radius 2 is 2.12 bits per heavy atom. The summed E-state index contributed by atoms with van der Waals surface area (Å²) in [7, 11) is 0. The van der Waals surface area contributed by atoms with Crippen LogP contribution in [0.4, 0.5) is 5.69 Å². The van der Waals surface area contributed by atoms with Crippen LogP contribution >= 0.6 is 22.9 Å². The van der Waals surface area contributed by atoms with E-state index in [1.54, 1.807) is 24.3 Å². The highest BCUT2D eigenvalue weighted by molar-refractivity contribution is 7.13. The summed E-state index contributed by atoms with van der Waals surface area (Å²) in [6.07, 6.45) is 0.140. The Bertz CT molecular complexity index is 1160. The number of hydrogen-bond acceptors (Lipinski definition) is 5. The van der Waals surface area contributed by atoms with E-state index < -0.39 is 5.76 Å². The number of halogens is 1. The van der Waals surface area contributed by atoms with Gasteiger partial charge in [0.05, 0.1) is 22.7 Å². The van der Waals surface area contributed by atoms with Gasteiger partial charge < -0.3 is 9.73 Å². The van der Waals surface area contributed by atoms with Crippen molar-refractivity contribution in [1.82, 2.24) is 9.97 Å². The molecule has 4 rings (SSSR count). The maximum absolute atomic E-state index is 12.3. The molecule has 6 nitrogen and oxygen atoms in total. The Labute approximate surface area is 156 Å². The molecule has 0 aliphatic carbocycles. The summed E-state index contributed by atoms with van der Waals surface area (Å²) in [4.78, 5) is 30.5. The lowest BCUT2D eigenvalue weighted by atomic mass is 10.2. The first-order valence-electron chi connectivity index (χ1n) is 7.70. The molecule has 0 fully saturated rings. The lowest BCUT2D eigenvalue weighted by Crippen LogP contribution is -2.14. The smallest absolute Gasteiger partial charge is 0.408 e. The molecule has 0 bridgehead atoms. The van der Waals surface area contributed by atoms with Crippen molar-refractivity contribution in [2.24, 2.45) is 0 Å². The molecule has 0 saturated carbocycles. The molecular weight excluding hydrogens is 374 g/mol. The summed E-state index contributed by atoms with van der Waals surface area (Å²) in [5.74, 6) is -0.732. The summed E-state index contributed by atoms with van der Waals surface area (Å²) >= 11 is 7.63. The van der Waals surface area contributed by atoms with Gasteiger partial charge in [-0.1, -0.05) is 29.8 Å². The Morgan fingerprint density at radius 1 is 1.27 bits per heavy atom. The first-order valence-corrected chi connectivity index (χ1v) is 8.96. The van der Waals surface area contributed by atoms with E-state index in [2.05, 4.69) is 15.3 Å². The molecule has 2 aromatic carbocycles. The molecule has 0 spiro atoms. The highest BCUT2D eigenvalue weighted by Gasteiger charge is 2.12. The van der Waals surface area contributed by atoms with Crippen LogP contribution in [0.3, 0.4) is 0 Å². The van der Waals surface area contributed by atoms with E-state index in [1.165, 1.54) is 11.3 Å². The van der Waals surface area contributed by atoms with Crippen LogP contribution in [-0.4, -0.2) is 15.9 Å². The van der Waals surface area contributed by atoms with Crippen LogP contribution in [0.1, 0.15) is 5.69 Å². The minimum absolute atomic E-state index is 0.140. The number of anilines is 1. The van der Waals surface area contributed by atoms with Gasteiger partial charge in [0.15, 0.2) is 5.58 Å². The molecule has 4 aromatic rings. The van der Waals surface area contributed by atoms with Gasteiger partial charge in [0, 0.05) is 16.6 Å². The van der Waals surface area contributed by atoms with E-state index in [0.29, 0.717) is 27.5 Å². The SMILES string of the molecule is O=C(Cc1csc(-c2ccccc2Cl)n1)Nc1ccc2oc(=O)[nH]c2c1. The predicted octanol–water partition coefficient (Wildman–Crippen LogP) is 4.08. The van der Waals surface area contributed by atoms with E-state index >= 15 is 0 Å². The molecule has 0 saturated heterocycles. The van der Waals surface area contributed by atoms with Crippen molar-refractivity contribution in [3.05, 3.63) is 69.1 Å². The summed E-state index contributed by atoms with van der Waals surface area (Å²) in [6, 6.07) is 12.4. The zero-order chi connectivity index (χ0) is 18.1. The second-order valence-corrected chi connectivity index (χ2v) is 6.84. The maximum atomic E-state index is 12.3. The molecule has 0 unspecified atom stereocenters. The van der Waals surface area contributed by atoms with Crippen molar-refractivity contribution in [2.45, 2.75) is 6.42 Å². The number of aromatic amines is 1. The zero-order valence-electron chi connectivity index (χ0n) is 13.3. The Morgan fingerprint density at radius 3 is 2.96 bits per heavy atom. The van der Waals surface area contributed by atoms with Crippen molar-refractivity contribution < 1.29 is 9.21 Å². The van der Waals surface area contributed by atoms with Crippen LogP contribution in [0.25, 0.3) is 21.7 Å². The number of thiazole rings is 1. The van der Waals surface area contributed by atoms with E-state index in [4.69, 9.17) is 16.0 Å². The monoisotopic (exact) mass is 385 g/mol. The third-order valence-electron chi connectivity index (χ3n) is 3.70. The Kier molecular flexibility index (Phi) is 4.32. The van der Waals surface area contributed by atoms with Gasteiger partial charge in [0.25, 0.3) is 0 Å². The average molecular weight is 386 g/mol. The van der Waals surface area contributed by atoms with Gasteiger partial charge in [-0.3, -0.25) is 9.78 Å². The first-order chi connectivity index (χ1) is 12.6. The minimum Gasteiger partial charge on any atom is -0.408 e. The number of nitrogens with one attached hydrogen (secondary N) is 2. The molecule has 130 valence electrons. The van der Waals surface area contributed by atoms with Crippen LogP contribution in [0.5, 0.6) is 0 Å². The number of rotatable bonds is 4. The highest BCUT2D eigenvalue weighted by Crippen LogP contribution is 2.30. The third kappa shape index (κ3) is 3.40. The van der Waals surface area contributed by atoms with Crippen LogP contribution in [0.2, 0.25) is 5.02 Å². The maximum Gasteiger partial charge on any atom is 0.417 e. The molecule has 2 N–H and O–H groups in total. The van der Waals surface area contributed by atoms with Gasteiger partial charge in [-0.25, -0.2) is 9.78 Å². The summed E-state index contributed by atoms with van der Waals surface area (Å²) in [6.45, 7) is 0. The number of amides is 1. The molecule has 0 atom stereocenters. The van der Waals surface area contributed by atoms with Gasteiger partial charge >= 0.3 is 5.76 Å². The van der Waals surface area contributed by atoms with Crippen molar-refractivity contribution in [3.63, 3.8) is 0 Å². The van der Waals surface area contributed by atoms with Gasteiger partial charge in [0.1, 0.15) is 5.01 Å². The Balaban J connectivity index is 1.48. The van der Waals surface area contributed by atoms with Gasteiger partial charge in [-0.15, -0.1) is 11.3 Å². The number of oxazole rings is 1. The normalized spacial score (nSPS) is 11.0. The topological polar surface area (TPSA) is 88.0 Å². The molecule has 1 amide bonds. The summed E-state index contributed by atoms with van der Waals surface area (Å²) in [5.41, 5.74) is 3.06. The van der Waals surface area contributed by atoms with E-state index in [1.807, 2.05) is 23.6 Å². The molecule has 8 heteroatoms. The van der Waals surface area contributed by atoms with Crippen LogP contribution < -0.4 is 11.1 Å². The molecule has 26 heavy (non-hydrogen) atoms. The van der Waals surface area contributed by atoms with Crippen LogP contribution in [0.15, 0.2) is 57.1 Å². The second-order valence-electron chi connectivity index (χ2n) is 5.57. The third-order valence-corrected chi connectivity index (χ3v) is 4.95. The fraction of sp³-hybridized carbons (Fsp3) is 0.0556. The Hall–Kier alpha value is -2.90. The average Bonchev–Trinajstić information content (AvgIpc) is 3.20. The number of hydrogen-bond donors (Lipinski definition) is 2. The number of nitrogens with zero attached hydrogens (tertiary/aromatic N) is 1. The van der Waals surface area contributed by atoms with E-state index in [0.717, 1.165) is 10.6 Å². The van der Waals surface area contributed by atoms with Crippen LogP contribution in [-0.2, 0) is 11.2 Å². The minimum atomic E-state index is -0.530. The number of benzene rings is 2. The zero-order valence-corrected chi connectivity index (χ0v) is 14.9. The van der Waals surface area contributed by atoms with Crippen molar-refractivity contribution in [2.75, 3.05) is 5.32 Å². The second kappa shape index (κ2) is 6.78. The molecule has 0 aliphatic rings. The van der Waals surface area contributed by atoms with Gasteiger partial charge in [-0.05, 0) is 24.3 Å². The first kappa shape index (κ1) is 16.6. The largest absolute Gasteiger partial charge is 0.417 e. The number of carbonyl (C=O) groups is 1. The molecular formula is C18H12ClN3O3S. The van der Waals surface area contributed by atoms with Crippen molar-refractivity contribution >= 4 is 45.6 Å². The fourth-order valence-corrected chi connectivity index (χ4v) is 3.69. The number of aromatic nitrogens is 2. The van der Waals surface area contributed by atoms with Crippen LogP contribution in [0, 0.1) is 0 Å². The summed E-state index contributed by atoms with van der Waals surface area (Å²) in [5, 5.41) is 6.03. The fourth-order valence-electron chi connectivity index (χ4n) is 2.55. The van der Waals surface area contributed by atoms with Crippen molar-refractivity contribution in [3.8, 4) is 10.6 Å². The number of carbonyl (C=O) groups excluding carboxylic acids is 1. The van der Waals surface area contributed by atoms with Gasteiger partial charge in [-0.2, -0.15) is 0 Å². The molecule has 0 radical (unpaired) electrons. The van der Waals surface area contributed by atoms with Gasteiger partial charge in [0.2, 0.25) is 5.91 Å². The predicted molar refractivity (Wildman–Crippen MR) is 102 cm³/mol.